The average Bonchev–Trinajstić information content (AvgIpc) is 3.16. The summed E-state index contributed by atoms with van der Waals surface area (Å²) in [6.45, 7) is 5.97. The number of likely N-dealkylation sites (N-methyl/N-ethyl adjacent to an activating group) is 1. The van der Waals surface area contributed by atoms with Crippen LogP contribution in [-0.4, -0.2) is 70.5 Å². The van der Waals surface area contributed by atoms with Crippen molar-refractivity contribution in [1.82, 2.24) is 25.0 Å². The number of rotatable bonds is 6. The van der Waals surface area contributed by atoms with E-state index in [9.17, 15) is 0 Å². The molecule has 5 nitrogen and oxygen atoms in total. The van der Waals surface area contributed by atoms with Crippen LogP contribution in [0.1, 0.15) is 6.42 Å². The number of piperazine rings is 1. The lowest BCUT2D eigenvalue weighted by molar-refractivity contribution is 0.154. The molecule has 3 rings (SSSR count). The summed E-state index contributed by atoms with van der Waals surface area (Å²) in [4.78, 5) is 10.6. The molecule has 0 saturated carbocycles. The molecule has 1 saturated heterocycles. The van der Waals surface area contributed by atoms with Crippen LogP contribution in [0.3, 0.4) is 0 Å². The van der Waals surface area contributed by atoms with Crippen molar-refractivity contribution >= 4 is 23.1 Å². The Bertz CT molecular complexity index is 531. The molecule has 0 bridgehead atoms. The van der Waals surface area contributed by atoms with Gasteiger partial charge in [0.1, 0.15) is 0 Å². The van der Waals surface area contributed by atoms with Crippen molar-refractivity contribution in [3.63, 3.8) is 0 Å². The molecule has 114 valence electrons. The highest BCUT2D eigenvalue weighted by atomic mass is 32.2. The lowest BCUT2D eigenvalue weighted by Gasteiger charge is -2.32. The monoisotopic (exact) mass is 323 g/mol. The number of thiophene rings is 1. The summed E-state index contributed by atoms with van der Waals surface area (Å²) < 4.78 is 0. The highest BCUT2D eigenvalue weighted by Gasteiger charge is 2.13. The lowest BCUT2D eigenvalue weighted by atomic mass is 10.3. The van der Waals surface area contributed by atoms with Crippen LogP contribution in [0.5, 0.6) is 0 Å². The second kappa shape index (κ2) is 7.40. The van der Waals surface area contributed by atoms with Crippen LogP contribution in [0.4, 0.5) is 0 Å². The zero-order valence-corrected chi connectivity index (χ0v) is 13.9. The van der Waals surface area contributed by atoms with E-state index in [1.807, 2.05) is 6.07 Å². The molecule has 1 aliphatic heterocycles. The van der Waals surface area contributed by atoms with Gasteiger partial charge in [-0.2, -0.15) is 0 Å². The van der Waals surface area contributed by atoms with Gasteiger partial charge in [-0.15, -0.1) is 16.4 Å². The van der Waals surface area contributed by atoms with Gasteiger partial charge >= 0.3 is 0 Å². The predicted molar refractivity (Wildman–Crippen MR) is 89.0 cm³/mol. The summed E-state index contributed by atoms with van der Waals surface area (Å²) in [5.41, 5.74) is 0. The number of hydrogen-bond acceptors (Lipinski definition) is 6. The van der Waals surface area contributed by atoms with Crippen LogP contribution >= 0.6 is 23.1 Å². The Hall–Kier alpha value is -0.890. The van der Waals surface area contributed by atoms with Crippen molar-refractivity contribution in [2.75, 3.05) is 45.5 Å². The largest absolute Gasteiger partial charge is 0.304 e. The molecule has 0 amide bonds. The molecule has 1 fully saturated rings. The van der Waals surface area contributed by atoms with E-state index in [4.69, 9.17) is 0 Å². The first-order chi connectivity index (χ1) is 10.3. The van der Waals surface area contributed by atoms with E-state index < -0.39 is 0 Å². The Labute approximate surface area is 133 Å². The molecular formula is C14H21N5S2. The summed E-state index contributed by atoms with van der Waals surface area (Å²) in [7, 11) is 2.20. The quantitative estimate of drug-likeness (QED) is 0.653. The van der Waals surface area contributed by atoms with Gasteiger partial charge in [0.2, 0.25) is 5.16 Å². The third kappa shape index (κ3) is 4.29. The Morgan fingerprint density at radius 2 is 2.19 bits per heavy atom. The first-order valence-corrected chi connectivity index (χ1v) is 9.18. The second-order valence-electron chi connectivity index (χ2n) is 5.29. The SMILES string of the molecule is CN1CCN(CCCSc2n[nH]c(-c3cccs3)n2)CC1. The van der Waals surface area contributed by atoms with Gasteiger partial charge in [0.05, 0.1) is 4.88 Å². The van der Waals surface area contributed by atoms with E-state index in [1.165, 1.54) is 39.1 Å². The Kier molecular flexibility index (Phi) is 5.29. The number of hydrogen-bond donors (Lipinski definition) is 1. The van der Waals surface area contributed by atoms with E-state index in [2.05, 4.69) is 43.5 Å². The summed E-state index contributed by atoms with van der Waals surface area (Å²) in [6.07, 6.45) is 1.19. The Morgan fingerprint density at radius 1 is 1.33 bits per heavy atom. The average molecular weight is 323 g/mol. The molecule has 2 aromatic rings. The Balaban J connectivity index is 1.38. The minimum absolute atomic E-state index is 0.858. The first kappa shape index (κ1) is 15.0. The lowest BCUT2D eigenvalue weighted by Crippen LogP contribution is -2.44. The van der Waals surface area contributed by atoms with Crippen LogP contribution in [0.2, 0.25) is 0 Å². The van der Waals surface area contributed by atoms with E-state index in [1.54, 1.807) is 23.1 Å². The summed E-state index contributed by atoms with van der Waals surface area (Å²) in [5.74, 6) is 1.96. The molecule has 0 atom stereocenters. The third-order valence-electron chi connectivity index (χ3n) is 3.67. The van der Waals surface area contributed by atoms with Crippen molar-refractivity contribution in [3.05, 3.63) is 17.5 Å². The third-order valence-corrected chi connectivity index (χ3v) is 5.48. The fraction of sp³-hybridized carbons (Fsp3) is 0.571. The molecule has 0 aliphatic carbocycles. The Morgan fingerprint density at radius 3 is 2.95 bits per heavy atom. The molecule has 2 aromatic heterocycles. The van der Waals surface area contributed by atoms with Crippen LogP contribution in [0.25, 0.3) is 10.7 Å². The van der Waals surface area contributed by atoms with Gasteiger partial charge in [0, 0.05) is 31.9 Å². The van der Waals surface area contributed by atoms with Crippen LogP contribution in [0, 0.1) is 0 Å². The highest BCUT2D eigenvalue weighted by molar-refractivity contribution is 7.99. The van der Waals surface area contributed by atoms with E-state index in [0.29, 0.717) is 0 Å². The topological polar surface area (TPSA) is 48.0 Å². The maximum Gasteiger partial charge on any atom is 0.208 e. The summed E-state index contributed by atoms with van der Waals surface area (Å²) >= 11 is 3.42. The van der Waals surface area contributed by atoms with Gasteiger partial charge in [-0.3, -0.25) is 5.10 Å². The highest BCUT2D eigenvalue weighted by Crippen LogP contribution is 2.23. The van der Waals surface area contributed by atoms with Gasteiger partial charge in [-0.25, -0.2) is 4.98 Å². The van der Waals surface area contributed by atoms with Crippen molar-refractivity contribution < 1.29 is 0 Å². The molecule has 21 heavy (non-hydrogen) atoms. The van der Waals surface area contributed by atoms with Gasteiger partial charge in [-0.05, 0) is 31.5 Å². The smallest absolute Gasteiger partial charge is 0.208 e. The molecule has 1 aliphatic rings. The molecule has 1 N–H and O–H groups in total. The molecule has 7 heteroatoms. The molecule has 0 unspecified atom stereocenters. The number of H-pyrrole nitrogens is 1. The molecule has 0 spiro atoms. The number of nitrogens with zero attached hydrogens (tertiary/aromatic N) is 4. The predicted octanol–water partition coefficient (Wildman–Crippen LogP) is 2.26. The van der Waals surface area contributed by atoms with E-state index in [0.717, 1.165) is 21.6 Å². The number of nitrogens with one attached hydrogen (secondary N) is 1. The van der Waals surface area contributed by atoms with E-state index >= 15 is 0 Å². The minimum Gasteiger partial charge on any atom is -0.304 e. The fourth-order valence-electron chi connectivity index (χ4n) is 2.36. The number of thioether (sulfide) groups is 1. The first-order valence-electron chi connectivity index (χ1n) is 7.31. The summed E-state index contributed by atoms with van der Waals surface area (Å²) in [5, 5.41) is 10.2. The van der Waals surface area contributed by atoms with E-state index in [-0.39, 0.29) is 0 Å². The zero-order chi connectivity index (χ0) is 14.5. The number of aromatic nitrogens is 3. The second-order valence-corrected chi connectivity index (χ2v) is 7.30. The maximum absolute atomic E-state index is 4.53. The maximum atomic E-state index is 4.53. The fourth-order valence-corrected chi connectivity index (χ4v) is 3.74. The zero-order valence-electron chi connectivity index (χ0n) is 12.3. The molecule has 3 heterocycles. The van der Waals surface area contributed by atoms with Crippen LogP contribution in [-0.2, 0) is 0 Å². The van der Waals surface area contributed by atoms with Crippen molar-refractivity contribution in [2.24, 2.45) is 0 Å². The standard InChI is InChI=1S/C14H21N5S2/c1-18-6-8-19(9-7-18)5-3-11-21-14-15-13(16-17-14)12-4-2-10-20-12/h2,4,10H,3,5-9,11H2,1H3,(H,15,16,17). The molecule has 0 radical (unpaired) electrons. The number of aromatic amines is 1. The van der Waals surface area contributed by atoms with Crippen LogP contribution < -0.4 is 0 Å². The van der Waals surface area contributed by atoms with Gasteiger partial charge in [-0.1, -0.05) is 17.8 Å². The normalized spacial score (nSPS) is 17.4. The van der Waals surface area contributed by atoms with Crippen molar-refractivity contribution in [1.29, 1.82) is 0 Å². The molecule has 0 aromatic carbocycles. The van der Waals surface area contributed by atoms with Crippen molar-refractivity contribution in [3.8, 4) is 10.7 Å². The van der Waals surface area contributed by atoms with Gasteiger partial charge < -0.3 is 9.80 Å². The minimum atomic E-state index is 0.858. The van der Waals surface area contributed by atoms with Crippen molar-refractivity contribution in [2.45, 2.75) is 11.6 Å². The van der Waals surface area contributed by atoms with Gasteiger partial charge in [0.15, 0.2) is 5.82 Å². The summed E-state index contributed by atoms with van der Waals surface area (Å²) in [6, 6.07) is 4.10. The molecular weight excluding hydrogens is 302 g/mol. The van der Waals surface area contributed by atoms with Gasteiger partial charge in [0.25, 0.3) is 0 Å². The van der Waals surface area contributed by atoms with Crippen LogP contribution in [0.15, 0.2) is 22.7 Å².